The Morgan fingerprint density at radius 1 is 0.600 bits per heavy atom. The Hall–Kier alpha value is -2.37. The first kappa shape index (κ1) is 6.99. The van der Waals surface area contributed by atoms with Crippen LogP contribution in [0.25, 0.3) is 33.3 Å². The molecule has 0 spiro atoms. The summed E-state index contributed by atoms with van der Waals surface area (Å²) in [6.45, 7) is 0. The summed E-state index contributed by atoms with van der Waals surface area (Å²) >= 11 is 0. The van der Waals surface area contributed by atoms with E-state index in [2.05, 4.69) is 15.0 Å². The van der Waals surface area contributed by atoms with Gasteiger partial charge in [-0.2, -0.15) is 0 Å². The molecule has 0 aliphatic carbocycles. The van der Waals surface area contributed by atoms with E-state index in [1.54, 1.807) is 0 Å². The van der Waals surface area contributed by atoms with Gasteiger partial charge in [0.15, 0.2) is 52.5 Å². The first-order valence-electron chi connectivity index (χ1n) is 4.26. The van der Waals surface area contributed by atoms with E-state index >= 15 is 0 Å². The summed E-state index contributed by atoms with van der Waals surface area (Å²) in [4.78, 5) is 12.2. The van der Waals surface area contributed by atoms with Gasteiger partial charge in [-0.3, -0.25) is 0 Å². The molecule has 0 saturated carbocycles. The molecule has 0 radical (unpaired) electrons. The number of rotatable bonds is 0. The quantitative estimate of drug-likeness (QED) is 0.433. The molecule has 0 atom stereocenters. The lowest BCUT2D eigenvalue weighted by Crippen LogP contribution is -1.75. The summed E-state index contributed by atoms with van der Waals surface area (Å²) in [7, 11) is 0. The number of hydrogen-bond acceptors (Lipinski definition) is 6. The van der Waals surface area contributed by atoms with Crippen LogP contribution in [-0.4, -0.2) is 15.0 Å². The van der Waals surface area contributed by atoms with Gasteiger partial charge in [0.2, 0.25) is 0 Å². The van der Waals surface area contributed by atoms with Crippen LogP contribution in [0.1, 0.15) is 0 Å². The highest BCUT2D eigenvalue weighted by molar-refractivity contribution is 6.15. The van der Waals surface area contributed by atoms with Crippen molar-refractivity contribution in [1.82, 2.24) is 15.0 Å². The SMILES string of the molecule is c1nc2c(o1)c1ncoc1c1ncoc21. The van der Waals surface area contributed by atoms with Crippen molar-refractivity contribution in [2.24, 2.45) is 0 Å². The summed E-state index contributed by atoms with van der Waals surface area (Å²) in [6.07, 6.45) is 4.04. The van der Waals surface area contributed by atoms with Gasteiger partial charge in [-0.15, -0.1) is 0 Å². The number of benzene rings is 1. The van der Waals surface area contributed by atoms with Crippen molar-refractivity contribution in [2.45, 2.75) is 0 Å². The molecule has 0 unspecified atom stereocenters. The minimum atomic E-state index is 0.558. The van der Waals surface area contributed by atoms with E-state index in [4.69, 9.17) is 13.3 Å². The van der Waals surface area contributed by atoms with Crippen LogP contribution in [0.5, 0.6) is 0 Å². The van der Waals surface area contributed by atoms with Crippen molar-refractivity contribution in [3.8, 4) is 0 Å². The maximum absolute atomic E-state index is 5.25. The number of fused-ring (bicyclic) bond motifs is 6. The van der Waals surface area contributed by atoms with E-state index < -0.39 is 0 Å². The van der Waals surface area contributed by atoms with Crippen LogP contribution < -0.4 is 0 Å². The topological polar surface area (TPSA) is 78.1 Å². The standard InChI is InChI=1S/C9H3N3O3/c1-10-4-7(13-1)5-9(15-2-11-5)6-8(4)14-3-12-6/h1-3H. The van der Waals surface area contributed by atoms with Gasteiger partial charge in [-0.25, -0.2) is 15.0 Å². The first-order valence-corrected chi connectivity index (χ1v) is 4.26. The van der Waals surface area contributed by atoms with Crippen molar-refractivity contribution in [1.29, 1.82) is 0 Å². The Morgan fingerprint density at radius 3 is 1.27 bits per heavy atom. The second-order valence-electron chi connectivity index (χ2n) is 3.09. The zero-order valence-electron chi connectivity index (χ0n) is 7.30. The molecule has 0 aliphatic rings. The van der Waals surface area contributed by atoms with Crippen LogP contribution in [0.15, 0.2) is 32.4 Å². The number of nitrogens with zero attached hydrogens (tertiary/aromatic N) is 3. The van der Waals surface area contributed by atoms with E-state index in [1.165, 1.54) is 19.2 Å². The van der Waals surface area contributed by atoms with Crippen molar-refractivity contribution in [3.05, 3.63) is 19.2 Å². The third-order valence-corrected chi connectivity index (χ3v) is 2.35. The molecule has 6 heteroatoms. The molecule has 0 saturated heterocycles. The molecule has 0 fully saturated rings. The van der Waals surface area contributed by atoms with Crippen LogP contribution in [-0.2, 0) is 0 Å². The minimum absolute atomic E-state index is 0.558. The fourth-order valence-electron chi connectivity index (χ4n) is 1.73. The van der Waals surface area contributed by atoms with E-state index in [0.29, 0.717) is 33.3 Å². The Bertz CT molecular complexity index is 585. The van der Waals surface area contributed by atoms with Crippen LogP contribution in [0.3, 0.4) is 0 Å². The van der Waals surface area contributed by atoms with Crippen LogP contribution in [0.2, 0.25) is 0 Å². The second kappa shape index (κ2) is 2.17. The highest BCUT2D eigenvalue weighted by Gasteiger charge is 2.18. The summed E-state index contributed by atoms with van der Waals surface area (Å²) in [5.41, 5.74) is 3.52. The van der Waals surface area contributed by atoms with Gasteiger partial charge in [-0.05, 0) is 0 Å². The predicted molar refractivity (Wildman–Crippen MR) is 49.1 cm³/mol. The molecular formula is C9H3N3O3. The van der Waals surface area contributed by atoms with Crippen LogP contribution in [0, 0.1) is 0 Å². The van der Waals surface area contributed by atoms with Crippen molar-refractivity contribution in [2.75, 3.05) is 0 Å². The molecule has 4 aromatic rings. The first-order chi connectivity index (χ1) is 7.45. The largest absolute Gasteiger partial charge is 0.441 e. The molecular weight excluding hydrogens is 198 g/mol. The van der Waals surface area contributed by atoms with E-state index in [0.717, 1.165) is 0 Å². The maximum atomic E-state index is 5.25. The number of aromatic nitrogens is 3. The lowest BCUT2D eigenvalue weighted by molar-refractivity contribution is 0.600. The Kier molecular flexibility index (Phi) is 1.01. The van der Waals surface area contributed by atoms with Crippen LogP contribution >= 0.6 is 0 Å². The zero-order valence-corrected chi connectivity index (χ0v) is 7.30. The summed E-state index contributed by atoms with van der Waals surface area (Å²) < 4.78 is 15.7. The molecule has 72 valence electrons. The van der Waals surface area contributed by atoms with E-state index in [1.807, 2.05) is 0 Å². The smallest absolute Gasteiger partial charge is 0.188 e. The Balaban J connectivity index is 2.56. The fraction of sp³-hybridized carbons (Fsp3) is 0. The average molecular weight is 201 g/mol. The van der Waals surface area contributed by atoms with Crippen molar-refractivity contribution in [3.63, 3.8) is 0 Å². The predicted octanol–water partition coefficient (Wildman–Crippen LogP) is 2.11. The second-order valence-corrected chi connectivity index (χ2v) is 3.09. The Labute approximate surface area is 81.5 Å². The third-order valence-electron chi connectivity index (χ3n) is 2.35. The lowest BCUT2D eigenvalue weighted by atomic mass is 10.2. The van der Waals surface area contributed by atoms with Gasteiger partial charge >= 0.3 is 0 Å². The van der Waals surface area contributed by atoms with Gasteiger partial charge in [0.1, 0.15) is 0 Å². The van der Waals surface area contributed by atoms with Gasteiger partial charge in [0, 0.05) is 0 Å². The van der Waals surface area contributed by atoms with E-state index in [-0.39, 0.29) is 0 Å². The Morgan fingerprint density at radius 2 is 0.933 bits per heavy atom. The minimum Gasteiger partial charge on any atom is -0.441 e. The molecule has 1 aromatic carbocycles. The van der Waals surface area contributed by atoms with Gasteiger partial charge in [0.25, 0.3) is 0 Å². The summed E-state index contributed by atoms with van der Waals surface area (Å²) in [5, 5.41) is 0. The monoisotopic (exact) mass is 201 g/mol. The third kappa shape index (κ3) is 0.687. The highest BCUT2D eigenvalue weighted by atomic mass is 16.4. The molecule has 0 N–H and O–H groups in total. The summed E-state index contributed by atoms with van der Waals surface area (Å²) in [5.74, 6) is 0. The van der Waals surface area contributed by atoms with Gasteiger partial charge in [-0.1, -0.05) is 0 Å². The maximum Gasteiger partial charge on any atom is 0.188 e. The molecule has 3 heterocycles. The molecule has 0 bridgehead atoms. The zero-order chi connectivity index (χ0) is 9.83. The lowest BCUT2D eigenvalue weighted by Gasteiger charge is -1.89. The molecule has 0 aliphatic heterocycles. The normalized spacial score (nSPS) is 12.0. The van der Waals surface area contributed by atoms with Crippen molar-refractivity contribution < 1.29 is 13.3 Å². The molecule has 3 aromatic heterocycles. The van der Waals surface area contributed by atoms with Crippen LogP contribution in [0.4, 0.5) is 0 Å². The molecule has 4 rings (SSSR count). The van der Waals surface area contributed by atoms with Gasteiger partial charge in [0.05, 0.1) is 0 Å². The van der Waals surface area contributed by atoms with E-state index in [9.17, 15) is 0 Å². The number of hydrogen-bond donors (Lipinski definition) is 0. The molecule has 0 amide bonds. The number of oxazole rings is 3. The van der Waals surface area contributed by atoms with Crippen molar-refractivity contribution >= 4 is 33.3 Å². The average Bonchev–Trinajstić information content (AvgIpc) is 2.97. The molecule has 6 nitrogen and oxygen atoms in total. The van der Waals surface area contributed by atoms with Gasteiger partial charge < -0.3 is 13.3 Å². The highest BCUT2D eigenvalue weighted by Crippen LogP contribution is 2.32. The fourth-order valence-corrected chi connectivity index (χ4v) is 1.73. The molecule has 15 heavy (non-hydrogen) atoms. The summed E-state index contributed by atoms with van der Waals surface area (Å²) in [6, 6.07) is 0.